The summed E-state index contributed by atoms with van der Waals surface area (Å²) in [5, 5.41) is 3.13. The molecule has 1 amide bonds. The molecule has 2 aromatic heterocycles. The first-order chi connectivity index (χ1) is 12.3. The van der Waals surface area contributed by atoms with Crippen molar-refractivity contribution in [3.8, 4) is 0 Å². The molecular formula is C18H20N4O2S2. The van der Waals surface area contributed by atoms with E-state index < -0.39 is 0 Å². The van der Waals surface area contributed by atoms with Crippen molar-refractivity contribution in [1.82, 2.24) is 14.3 Å². The Morgan fingerprint density at radius 3 is 2.73 bits per heavy atom. The predicted octanol–water partition coefficient (Wildman–Crippen LogP) is 3.04. The maximum Gasteiger partial charge on any atom is 0.267 e. The molecule has 0 unspecified atom stereocenters. The van der Waals surface area contributed by atoms with Gasteiger partial charge >= 0.3 is 0 Å². The molecule has 1 aliphatic rings. The van der Waals surface area contributed by atoms with E-state index in [4.69, 9.17) is 12.2 Å². The highest BCUT2D eigenvalue weighted by atomic mass is 32.2. The summed E-state index contributed by atoms with van der Waals surface area (Å²) < 4.78 is 2.01. The van der Waals surface area contributed by atoms with E-state index in [-0.39, 0.29) is 17.5 Å². The average molecular weight is 389 g/mol. The fourth-order valence-electron chi connectivity index (χ4n) is 2.80. The first kappa shape index (κ1) is 18.6. The Kier molecular flexibility index (Phi) is 5.15. The van der Waals surface area contributed by atoms with E-state index in [1.807, 2.05) is 33.8 Å². The van der Waals surface area contributed by atoms with Crippen molar-refractivity contribution in [3.63, 3.8) is 0 Å². The number of thioether (sulfide) groups is 1. The molecule has 0 spiro atoms. The lowest BCUT2D eigenvalue weighted by Gasteiger charge is -2.18. The van der Waals surface area contributed by atoms with Crippen molar-refractivity contribution in [3.05, 3.63) is 44.7 Å². The summed E-state index contributed by atoms with van der Waals surface area (Å²) in [6.45, 7) is 8.27. The number of fused-ring (bicyclic) bond motifs is 1. The first-order valence-electron chi connectivity index (χ1n) is 8.38. The summed E-state index contributed by atoms with van der Waals surface area (Å²) in [5.74, 6) is 0.299. The normalized spacial score (nSPS) is 16.3. The van der Waals surface area contributed by atoms with Crippen molar-refractivity contribution < 1.29 is 4.79 Å². The van der Waals surface area contributed by atoms with Gasteiger partial charge in [0.05, 0.1) is 10.5 Å². The molecule has 3 rings (SSSR count). The third-order valence-electron chi connectivity index (χ3n) is 4.04. The molecule has 0 saturated carbocycles. The lowest BCUT2D eigenvalue weighted by molar-refractivity contribution is -0.123. The topological polar surface area (TPSA) is 66.7 Å². The van der Waals surface area contributed by atoms with E-state index in [1.54, 1.807) is 23.2 Å². The zero-order valence-electron chi connectivity index (χ0n) is 15.1. The molecular weight excluding hydrogens is 368 g/mol. The van der Waals surface area contributed by atoms with Crippen LogP contribution in [0.2, 0.25) is 0 Å². The Balaban J connectivity index is 2.20. The maximum atomic E-state index is 13.0. The lowest BCUT2D eigenvalue weighted by Crippen LogP contribution is -2.34. The van der Waals surface area contributed by atoms with Gasteiger partial charge in [-0.1, -0.05) is 30.0 Å². The number of amides is 1. The van der Waals surface area contributed by atoms with E-state index in [1.165, 1.54) is 16.2 Å². The number of rotatable bonds is 4. The first-order valence-corrected chi connectivity index (χ1v) is 9.60. The number of nitrogens with zero attached hydrogens (tertiary/aromatic N) is 3. The van der Waals surface area contributed by atoms with E-state index in [0.717, 1.165) is 5.56 Å². The smallest absolute Gasteiger partial charge is 0.267 e. The molecule has 136 valence electrons. The Hall–Kier alpha value is -2.19. The molecule has 0 atom stereocenters. The molecule has 1 fully saturated rings. The van der Waals surface area contributed by atoms with Crippen LogP contribution in [0.4, 0.5) is 5.82 Å². The summed E-state index contributed by atoms with van der Waals surface area (Å²) >= 11 is 6.52. The van der Waals surface area contributed by atoms with Gasteiger partial charge in [0.1, 0.15) is 15.8 Å². The van der Waals surface area contributed by atoms with Crippen LogP contribution < -0.4 is 10.9 Å². The van der Waals surface area contributed by atoms with Gasteiger partial charge in [-0.25, -0.2) is 4.98 Å². The van der Waals surface area contributed by atoms with Gasteiger partial charge in [-0.3, -0.25) is 18.9 Å². The third-order valence-corrected chi connectivity index (χ3v) is 5.37. The van der Waals surface area contributed by atoms with Gasteiger partial charge in [0, 0.05) is 18.8 Å². The Morgan fingerprint density at radius 2 is 2.12 bits per heavy atom. The number of hydrogen-bond donors (Lipinski definition) is 1. The molecule has 6 nitrogen and oxygen atoms in total. The summed E-state index contributed by atoms with van der Waals surface area (Å²) in [5.41, 5.74) is 1.64. The minimum Gasteiger partial charge on any atom is -0.370 e. The molecule has 1 aliphatic heterocycles. The molecule has 0 bridgehead atoms. The quantitative estimate of drug-likeness (QED) is 0.641. The predicted molar refractivity (Wildman–Crippen MR) is 111 cm³/mol. The van der Waals surface area contributed by atoms with E-state index in [2.05, 4.69) is 10.3 Å². The van der Waals surface area contributed by atoms with E-state index in [0.29, 0.717) is 32.8 Å². The molecule has 1 N–H and O–H groups in total. The van der Waals surface area contributed by atoms with E-state index >= 15 is 0 Å². The molecule has 3 heterocycles. The highest BCUT2D eigenvalue weighted by molar-refractivity contribution is 8.26. The zero-order chi connectivity index (χ0) is 19.0. The number of aromatic nitrogens is 2. The minimum atomic E-state index is -0.218. The summed E-state index contributed by atoms with van der Waals surface area (Å²) in [6, 6.07) is 3.69. The second-order valence-electron chi connectivity index (χ2n) is 6.24. The van der Waals surface area contributed by atoms with Crippen LogP contribution >= 0.6 is 24.0 Å². The van der Waals surface area contributed by atoms with Crippen molar-refractivity contribution in [1.29, 1.82) is 0 Å². The van der Waals surface area contributed by atoms with Gasteiger partial charge in [-0.05, 0) is 45.4 Å². The third kappa shape index (κ3) is 3.14. The Bertz CT molecular complexity index is 995. The van der Waals surface area contributed by atoms with E-state index in [9.17, 15) is 9.59 Å². The Morgan fingerprint density at radius 1 is 1.38 bits per heavy atom. The van der Waals surface area contributed by atoms with Crippen LogP contribution in [0.3, 0.4) is 0 Å². The van der Waals surface area contributed by atoms with Gasteiger partial charge in [0.25, 0.3) is 11.5 Å². The number of carbonyl (C=O) groups is 1. The van der Waals surface area contributed by atoms with Gasteiger partial charge in [0.2, 0.25) is 0 Å². The summed E-state index contributed by atoms with van der Waals surface area (Å²) in [4.78, 5) is 32.3. The van der Waals surface area contributed by atoms with Crippen molar-refractivity contribution in [2.24, 2.45) is 0 Å². The van der Waals surface area contributed by atoms with Gasteiger partial charge in [-0.15, -0.1) is 0 Å². The second-order valence-corrected chi connectivity index (χ2v) is 7.92. The van der Waals surface area contributed by atoms with Gasteiger partial charge in [-0.2, -0.15) is 0 Å². The SMILES string of the molecule is CCNc1nc2c(C)cccn2c(=O)c1C=C1SC(=S)N(C(C)C)C1=O. The van der Waals surface area contributed by atoms with Crippen LogP contribution in [0, 0.1) is 6.92 Å². The minimum absolute atomic E-state index is 0.0277. The van der Waals surface area contributed by atoms with Crippen LogP contribution in [0.15, 0.2) is 28.0 Å². The van der Waals surface area contributed by atoms with Crippen LogP contribution in [0.25, 0.3) is 11.7 Å². The standard InChI is InChI=1S/C18H20N4O2S2/c1-5-19-14-12(9-13-17(24)22(10(2)3)18(25)26-13)16(23)21-8-6-7-11(4)15(21)20-14/h6-10,19H,5H2,1-4H3. The number of thiocarbonyl (C=S) groups is 1. The summed E-state index contributed by atoms with van der Waals surface area (Å²) in [7, 11) is 0. The maximum absolute atomic E-state index is 13.0. The van der Waals surface area contributed by atoms with Crippen molar-refractivity contribution in [2.75, 3.05) is 11.9 Å². The van der Waals surface area contributed by atoms with Crippen LogP contribution in [-0.4, -0.2) is 37.1 Å². The van der Waals surface area contributed by atoms with Gasteiger partial charge < -0.3 is 5.32 Å². The Labute approximate surface area is 161 Å². The molecule has 0 aromatic carbocycles. The number of pyridine rings is 1. The largest absolute Gasteiger partial charge is 0.370 e. The van der Waals surface area contributed by atoms with Crippen LogP contribution in [0.5, 0.6) is 0 Å². The monoisotopic (exact) mass is 388 g/mol. The lowest BCUT2D eigenvalue weighted by atomic mass is 10.2. The number of aryl methyl sites for hydroxylation is 1. The molecule has 2 aromatic rings. The van der Waals surface area contributed by atoms with Crippen molar-refractivity contribution >= 4 is 51.7 Å². The fourth-order valence-corrected chi connectivity index (χ4v) is 4.31. The highest BCUT2D eigenvalue weighted by Gasteiger charge is 2.34. The van der Waals surface area contributed by atoms with Gasteiger partial charge in [0.15, 0.2) is 0 Å². The molecule has 0 radical (unpaired) electrons. The van der Waals surface area contributed by atoms with Crippen LogP contribution in [-0.2, 0) is 4.79 Å². The van der Waals surface area contributed by atoms with Crippen LogP contribution in [0.1, 0.15) is 31.9 Å². The zero-order valence-corrected chi connectivity index (χ0v) is 16.7. The molecule has 8 heteroatoms. The summed E-state index contributed by atoms with van der Waals surface area (Å²) in [6.07, 6.45) is 3.29. The number of anilines is 1. The fraction of sp³-hybridized carbons (Fsp3) is 0.333. The molecule has 0 aliphatic carbocycles. The highest BCUT2D eigenvalue weighted by Crippen LogP contribution is 2.34. The second kappa shape index (κ2) is 7.20. The number of nitrogens with one attached hydrogen (secondary N) is 1. The number of hydrogen-bond acceptors (Lipinski definition) is 6. The molecule has 1 saturated heterocycles. The van der Waals surface area contributed by atoms with Crippen molar-refractivity contribution in [2.45, 2.75) is 33.7 Å². The average Bonchev–Trinajstić information content (AvgIpc) is 2.86. The number of carbonyl (C=O) groups excluding carboxylic acids is 1. The molecule has 26 heavy (non-hydrogen) atoms.